The lowest BCUT2D eigenvalue weighted by atomic mass is 9.91. The number of nitrogens with zero attached hydrogens (tertiary/aromatic N) is 2. The summed E-state index contributed by atoms with van der Waals surface area (Å²) in [4.78, 5) is 39.3. The van der Waals surface area contributed by atoms with Crippen molar-refractivity contribution in [1.82, 2.24) is 9.80 Å². The van der Waals surface area contributed by atoms with Crippen molar-refractivity contribution in [2.45, 2.75) is 109 Å². The molecule has 1 aliphatic rings. The topological polar surface area (TPSA) is 102 Å². The van der Waals surface area contributed by atoms with Crippen LogP contribution in [0.3, 0.4) is 0 Å². The quantitative estimate of drug-likeness (QED) is 0.197. The van der Waals surface area contributed by atoms with Gasteiger partial charge in [-0.2, -0.15) is 0 Å². The maximum absolute atomic E-state index is 12.9. The number of rotatable bonds is 14. The zero-order valence-corrected chi connectivity index (χ0v) is 25.1. The molecular weight excluding hydrogens is 506 g/mol. The molecule has 1 fully saturated rings. The predicted octanol–water partition coefficient (Wildman–Crippen LogP) is 4.95. The summed E-state index contributed by atoms with van der Waals surface area (Å²) in [5.41, 5.74) is 7.90. The van der Waals surface area contributed by atoms with E-state index in [2.05, 4.69) is 23.7 Å². The first-order chi connectivity index (χ1) is 19.1. The number of amides is 1. The number of hydrogen-bond acceptors (Lipinski definition) is 7. The summed E-state index contributed by atoms with van der Waals surface area (Å²) >= 11 is 0. The first-order valence-electron chi connectivity index (χ1n) is 14.6. The molecule has 222 valence electrons. The van der Waals surface area contributed by atoms with Gasteiger partial charge in [0.05, 0.1) is 6.61 Å². The van der Waals surface area contributed by atoms with Crippen molar-refractivity contribution in [1.29, 1.82) is 0 Å². The van der Waals surface area contributed by atoms with E-state index in [1.165, 1.54) is 0 Å². The summed E-state index contributed by atoms with van der Waals surface area (Å²) in [7, 11) is 2.00. The number of ether oxygens (including phenoxy) is 2. The molecule has 0 heterocycles. The number of aldehydes is 2. The second-order valence-corrected chi connectivity index (χ2v) is 11.8. The van der Waals surface area contributed by atoms with Crippen LogP contribution in [0.15, 0.2) is 18.2 Å². The van der Waals surface area contributed by atoms with Gasteiger partial charge in [-0.25, -0.2) is 4.79 Å². The minimum atomic E-state index is -0.537. The maximum Gasteiger partial charge on any atom is 0.410 e. The van der Waals surface area contributed by atoms with E-state index < -0.39 is 5.60 Å². The number of benzene rings is 1. The summed E-state index contributed by atoms with van der Waals surface area (Å²) in [5.74, 6) is 6.39. The third-order valence-corrected chi connectivity index (χ3v) is 7.29. The van der Waals surface area contributed by atoms with E-state index >= 15 is 0 Å². The zero-order valence-electron chi connectivity index (χ0n) is 25.1. The fourth-order valence-electron chi connectivity index (χ4n) is 4.82. The van der Waals surface area contributed by atoms with Gasteiger partial charge in [0.15, 0.2) is 0 Å². The molecule has 1 aromatic rings. The Morgan fingerprint density at radius 1 is 1.18 bits per heavy atom. The van der Waals surface area contributed by atoms with Crippen LogP contribution in [-0.4, -0.2) is 79.0 Å². The molecule has 1 amide bonds. The van der Waals surface area contributed by atoms with Crippen LogP contribution in [0.1, 0.15) is 101 Å². The van der Waals surface area contributed by atoms with Crippen LogP contribution in [0.4, 0.5) is 4.79 Å². The average molecular weight is 556 g/mol. The van der Waals surface area contributed by atoms with E-state index in [4.69, 9.17) is 15.2 Å². The predicted molar refractivity (Wildman–Crippen MR) is 158 cm³/mol. The highest BCUT2D eigenvalue weighted by molar-refractivity contribution is 5.78. The monoisotopic (exact) mass is 555 g/mol. The summed E-state index contributed by atoms with van der Waals surface area (Å²) in [6.45, 7) is 9.92. The Labute approximate surface area is 240 Å². The van der Waals surface area contributed by atoms with Gasteiger partial charge >= 0.3 is 6.09 Å². The van der Waals surface area contributed by atoms with Crippen LogP contribution in [0.25, 0.3) is 0 Å². The maximum atomic E-state index is 12.9. The van der Waals surface area contributed by atoms with E-state index in [-0.39, 0.29) is 24.2 Å². The molecular formula is C32H49N3O5. The molecule has 0 aromatic heterocycles. The Hall–Kier alpha value is -2.73. The van der Waals surface area contributed by atoms with E-state index in [1.807, 2.05) is 50.9 Å². The highest BCUT2D eigenvalue weighted by atomic mass is 16.6. The minimum absolute atomic E-state index is 0.156. The van der Waals surface area contributed by atoms with Crippen LogP contribution in [0.5, 0.6) is 0 Å². The Kier molecular flexibility index (Phi) is 14.4. The second kappa shape index (κ2) is 17.2. The molecule has 0 saturated heterocycles. The van der Waals surface area contributed by atoms with Gasteiger partial charge in [-0.05, 0) is 84.9 Å². The molecule has 1 unspecified atom stereocenters. The Morgan fingerprint density at radius 2 is 1.90 bits per heavy atom. The van der Waals surface area contributed by atoms with Crippen molar-refractivity contribution in [2.24, 2.45) is 5.73 Å². The van der Waals surface area contributed by atoms with Gasteiger partial charge in [-0.1, -0.05) is 24.0 Å². The van der Waals surface area contributed by atoms with Gasteiger partial charge < -0.3 is 24.9 Å². The third kappa shape index (κ3) is 11.8. The van der Waals surface area contributed by atoms with Crippen LogP contribution in [0, 0.1) is 11.8 Å². The van der Waals surface area contributed by atoms with Gasteiger partial charge in [0.25, 0.3) is 0 Å². The molecule has 1 aliphatic carbocycles. The van der Waals surface area contributed by atoms with Gasteiger partial charge in [0.1, 0.15) is 18.2 Å². The van der Waals surface area contributed by atoms with Crippen LogP contribution < -0.4 is 5.73 Å². The van der Waals surface area contributed by atoms with E-state index in [9.17, 15) is 14.4 Å². The van der Waals surface area contributed by atoms with Crippen molar-refractivity contribution >= 4 is 18.7 Å². The molecule has 1 aromatic carbocycles. The minimum Gasteiger partial charge on any atom is -0.444 e. The number of hydrogen-bond donors (Lipinski definition) is 1. The normalized spacial score (nSPS) is 18.0. The molecule has 0 bridgehead atoms. The summed E-state index contributed by atoms with van der Waals surface area (Å²) < 4.78 is 11.5. The van der Waals surface area contributed by atoms with Crippen molar-refractivity contribution < 1.29 is 23.9 Å². The Morgan fingerprint density at radius 3 is 2.55 bits per heavy atom. The van der Waals surface area contributed by atoms with Crippen LogP contribution >= 0.6 is 0 Å². The fourth-order valence-corrected chi connectivity index (χ4v) is 4.82. The molecule has 8 heteroatoms. The summed E-state index contributed by atoms with van der Waals surface area (Å²) in [6, 6.07) is 6.17. The number of carbonyl (C=O) groups excluding carboxylic acids is 3. The first kappa shape index (κ1) is 33.5. The second-order valence-electron chi connectivity index (χ2n) is 11.8. The van der Waals surface area contributed by atoms with Gasteiger partial charge in [-0.15, -0.1) is 0 Å². The van der Waals surface area contributed by atoms with E-state index in [0.29, 0.717) is 44.7 Å². The van der Waals surface area contributed by atoms with Crippen LogP contribution in [-0.2, 0) is 20.8 Å². The number of nitrogens with two attached hydrogens (primary N) is 1. The lowest BCUT2D eigenvalue weighted by molar-refractivity contribution is -0.108. The van der Waals surface area contributed by atoms with Gasteiger partial charge in [0, 0.05) is 61.8 Å². The molecule has 2 rings (SSSR count). The molecule has 1 atom stereocenters. The molecule has 40 heavy (non-hydrogen) atoms. The summed E-state index contributed by atoms with van der Waals surface area (Å²) in [6.07, 6.45) is 7.75. The molecule has 2 N–H and O–H groups in total. The van der Waals surface area contributed by atoms with Gasteiger partial charge in [0.2, 0.25) is 0 Å². The molecule has 0 spiro atoms. The van der Waals surface area contributed by atoms with Gasteiger partial charge in [-0.3, -0.25) is 9.69 Å². The Balaban J connectivity index is 1.87. The lowest BCUT2D eigenvalue weighted by Crippen LogP contribution is -2.46. The molecule has 8 nitrogen and oxygen atoms in total. The molecule has 0 aliphatic heterocycles. The lowest BCUT2D eigenvalue weighted by Gasteiger charge is -2.37. The standard InChI is InChI=1S/C32H49N3O5/c1-25(11-9-20-36)34(5)23-30-26(13-8-14-27(30)24-37)12-6-7-21-39-22-10-19-35(31(38)40-32(2,3)4)29-17-15-28(33)16-18-29/h8,13-14,20,24-25,28-29H,7,9-11,15-19,21-23,33H2,1-5H3. The van der Waals surface area contributed by atoms with Crippen molar-refractivity contribution in [2.75, 3.05) is 26.8 Å². The van der Waals surface area contributed by atoms with Crippen molar-refractivity contribution in [3.05, 3.63) is 34.9 Å². The molecule has 1 saturated carbocycles. The summed E-state index contributed by atoms with van der Waals surface area (Å²) in [5, 5.41) is 0. The van der Waals surface area contributed by atoms with E-state index in [1.54, 1.807) is 0 Å². The van der Waals surface area contributed by atoms with E-state index in [0.717, 1.165) is 62.2 Å². The zero-order chi connectivity index (χ0) is 29.5. The molecule has 0 radical (unpaired) electrons. The largest absolute Gasteiger partial charge is 0.444 e. The number of carbonyl (C=O) groups is 3. The SMILES string of the molecule is CC(CCC=O)N(C)Cc1c(C#CCCOCCCN(C(=O)OC(C)(C)C)C2CCC(N)CC2)cccc1C=O. The average Bonchev–Trinajstić information content (AvgIpc) is 2.91. The highest BCUT2D eigenvalue weighted by Crippen LogP contribution is 2.24. The van der Waals surface area contributed by atoms with Crippen molar-refractivity contribution in [3.63, 3.8) is 0 Å². The first-order valence-corrected chi connectivity index (χ1v) is 14.6. The fraction of sp³-hybridized carbons (Fsp3) is 0.656. The Bertz CT molecular complexity index is 1000. The highest BCUT2D eigenvalue weighted by Gasteiger charge is 2.30. The van der Waals surface area contributed by atoms with Crippen molar-refractivity contribution in [3.8, 4) is 11.8 Å². The smallest absolute Gasteiger partial charge is 0.410 e. The van der Waals surface area contributed by atoms with Crippen LogP contribution in [0.2, 0.25) is 0 Å². The third-order valence-electron chi connectivity index (χ3n) is 7.29.